The normalized spacial score (nSPS) is 17.5. The number of hydrogen-bond donors (Lipinski definition) is 0. The molecule has 1 heterocycles. The van der Waals surface area contributed by atoms with E-state index in [1.54, 1.807) is 12.0 Å². The highest BCUT2D eigenvalue weighted by molar-refractivity contribution is 9.10. The number of fused-ring (bicyclic) bond motifs is 1. The Balaban J connectivity index is 2.57. The molecule has 0 bridgehead atoms. The highest BCUT2D eigenvalue weighted by atomic mass is 79.9. The quantitative estimate of drug-likeness (QED) is 0.569. The Labute approximate surface area is 163 Å². The maximum absolute atomic E-state index is 13.0. The number of nitrogens with zero attached hydrogens (tertiary/aromatic N) is 1. The Bertz CT molecular complexity index is 655. The monoisotopic (exact) mass is 431 g/mol. The molecular weight excluding hydrogens is 406 g/mol. The summed E-state index contributed by atoms with van der Waals surface area (Å²) in [4.78, 5) is 14.8. The van der Waals surface area contributed by atoms with Crippen LogP contribution in [0.4, 0.5) is 10.5 Å². The number of rotatable bonds is 3. The van der Waals surface area contributed by atoms with Crippen LogP contribution in [-0.4, -0.2) is 24.8 Å². The van der Waals surface area contributed by atoms with Crippen molar-refractivity contribution in [3.8, 4) is 5.75 Å². The van der Waals surface area contributed by atoms with Gasteiger partial charge in [-0.15, -0.1) is 0 Å². The fourth-order valence-corrected chi connectivity index (χ4v) is 3.92. The zero-order chi connectivity index (χ0) is 18.9. The number of benzene rings is 1. The third-order valence-electron chi connectivity index (χ3n) is 4.14. The minimum absolute atomic E-state index is 0.0634. The minimum atomic E-state index is -0.566. The number of carbonyl (C=O) groups excluding carboxylic acids is 1. The molecule has 0 saturated heterocycles. The molecule has 0 aliphatic carbocycles. The molecule has 1 atom stereocenters. The van der Waals surface area contributed by atoms with Crippen LogP contribution in [0, 0.1) is 5.92 Å². The first kappa shape index (κ1) is 20.4. The second kappa shape index (κ2) is 7.75. The first-order chi connectivity index (χ1) is 11.5. The lowest BCUT2D eigenvalue weighted by Crippen LogP contribution is -2.47. The molecular formula is C19H27BrClNO3. The molecule has 140 valence electrons. The lowest BCUT2D eigenvalue weighted by molar-refractivity contribution is 0.0555. The molecule has 1 aromatic rings. The van der Waals surface area contributed by atoms with Gasteiger partial charge >= 0.3 is 6.09 Å². The van der Waals surface area contributed by atoms with E-state index in [0.29, 0.717) is 16.7 Å². The summed E-state index contributed by atoms with van der Waals surface area (Å²) in [7, 11) is 1.61. The van der Waals surface area contributed by atoms with E-state index in [2.05, 4.69) is 29.8 Å². The largest absolute Gasteiger partial charge is 0.495 e. The van der Waals surface area contributed by atoms with Gasteiger partial charge in [-0.2, -0.15) is 0 Å². The summed E-state index contributed by atoms with van der Waals surface area (Å²) in [5, 5.41) is 0.632. The predicted molar refractivity (Wildman–Crippen MR) is 106 cm³/mol. The Kier molecular flexibility index (Phi) is 6.31. The summed E-state index contributed by atoms with van der Waals surface area (Å²) in [5.41, 5.74) is 1.10. The van der Waals surface area contributed by atoms with Gasteiger partial charge in [0.1, 0.15) is 11.4 Å². The Morgan fingerprint density at radius 2 is 2.08 bits per heavy atom. The van der Waals surface area contributed by atoms with Gasteiger partial charge in [0.15, 0.2) is 0 Å². The van der Waals surface area contributed by atoms with E-state index >= 15 is 0 Å². The van der Waals surface area contributed by atoms with Crippen molar-refractivity contribution in [2.45, 2.75) is 65.5 Å². The van der Waals surface area contributed by atoms with E-state index in [-0.39, 0.29) is 12.1 Å². The van der Waals surface area contributed by atoms with E-state index in [4.69, 9.17) is 21.1 Å². The van der Waals surface area contributed by atoms with Crippen LogP contribution in [0.3, 0.4) is 0 Å². The third-order valence-corrected chi connectivity index (χ3v) is 5.42. The van der Waals surface area contributed by atoms with Crippen molar-refractivity contribution < 1.29 is 14.3 Å². The number of anilines is 1. The standard InChI is InChI=1S/C19H27BrClNO3/c1-11(2)9-12-7-8-13-16(21)14(20)10-15(24-6)17(13)22(12)18(23)25-19(3,4)5/h10-12H,7-9H2,1-6H3. The summed E-state index contributed by atoms with van der Waals surface area (Å²) >= 11 is 10.00. The maximum Gasteiger partial charge on any atom is 0.415 e. The number of carbonyl (C=O) groups is 1. The van der Waals surface area contributed by atoms with Crippen LogP contribution >= 0.6 is 27.5 Å². The number of ether oxygens (including phenoxy) is 2. The van der Waals surface area contributed by atoms with Gasteiger partial charge in [0.2, 0.25) is 0 Å². The topological polar surface area (TPSA) is 38.8 Å². The van der Waals surface area contributed by atoms with Gasteiger partial charge in [-0.05, 0) is 73.5 Å². The molecule has 0 N–H and O–H groups in total. The van der Waals surface area contributed by atoms with E-state index in [9.17, 15) is 4.79 Å². The van der Waals surface area contributed by atoms with E-state index in [0.717, 1.165) is 35.0 Å². The Hall–Kier alpha value is -0.940. The Morgan fingerprint density at radius 1 is 1.44 bits per heavy atom. The molecule has 0 radical (unpaired) electrons. The fraction of sp³-hybridized carbons (Fsp3) is 0.632. The molecule has 0 aromatic heterocycles. The number of hydrogen-bond acceptors (Lipinski definition) is 3. The second-order valence-electron chi connectivity index (χ2n) is 7.87. The summed E-state index contributed by atoms with van der Waals surface area (Å²) in [6, 6.07) is 1.88. The molecule has 0 spiro atoms. The summed E-state index contributed by atoms with van der Waals surface area (Å²) < 4.78 is 12.0. The third kappa shape index (κ3) is 4.62. The predicted octanol–water partition coefficient (Wildman–Crippen LogP) is 6.21. The van der Waals surface area contributed by atoms with Gasteiger partial charge in [-0.3, -0.25) is 4.90 Å². The van der Waals surface area contributed by atoms with Crippen molar-refractivity contribution in [3.63, 3.8) is 0 Å². The number of methoxy groups -OCH3 is 1. The Morgan fingerprint density at radius 3 is 2.60 bits per heavy atom. The summed E-state index contributed by atoms with van der Waals surface area (Å²) in [5.74, 6) is 1.10. The average Bonchev–Trinajstić information content (AvgIpc) is 2.48. The van der Waals surface area contributed by atoms with Gasteiger partial charge in [0, 0.05) is 10.5 Å². The zero-order valence-electron chi connectivity index (χ0n) is 15.8. The second-order valence-corrected chi connectivity index (χ2v) is 9.11. The van der Waals surface area contributed by atoms with Crippen LogP contribution in [0.5, 0.6) is 5.75 Å². The van der Waals surface area contributed by atoms with Crippen LogP contribution in [0.1, 0.15) is 53.0 Å². The van der Waals surface area contributed by atoms with E-state index < -0.39 is 5.60 Å². The molecule has 1 aliphatic rings. The van der Waals surface area contributed by atoms with Crippen molar-refractivity contribution >= 4 is 39.3 Å². The number of amides is 1. The highest BCUT2D eigenvalue weighted by Gasteiger charge is 2.38. The van der Waals surface area contributed by atoms with E-state index in [1.807, 2.05) is 26.8 Å². The van der Waals surface area contributed by atoms with Crippen LogP contribution in [-0.2, 0) is 11.2 Å². The number of halogens is 2. The van der Waals surface area contributed by atoms with Gasteiger partial charge in [-0.1, -0.05) is 25.4 Å². The molecule has 1 aliphatic heterocycles. The van der Waals surface area contributed by atoms with Crippen molar-refractivity contribution in [1.29, 1.82) is 0 Å². The zero-order valence-corrected chi connectivity index (χ0v) is 18.1. The van der Waals surface area contributed by atoms with Crippen molar-refractivity contribution in [2.75, 3.05) is 12.0 Å². The summed E-state index contributed by atoms with van der Waals surface area (Å²) in [6.45, 7) is 9.94. The van der Waals surface area contributed by atoms with Crippen molar-refractivity contribution in [2.24, 2.45) is 5.92 Å². The SMILES string of the molecule is COc1cc(Br)c(Cl)c2c1N(C(=O)OC(C)(C)C)C(CC(C)C)CC2. The lowest BCUT2D eigenvalue weighted by atomic mass is 9.90. The smallest absolute Gasteiger partial charge is 0.415 e. The van der Waals surface area contributed by atoms with Crippen molar-refractivity contribution in [1.82, 2.24) is 0 Å². The van der Waals surface area contributed by atoms with Gasteiger partial charge in [-0.25, -0.2) is 4.79 Å². The van der Waals surface area contributed by atoms with Crippen molar-refractivity contribution in [3.05, 3.63) is 21.1 Å². The van der Waals surface area contributed by atoms with Crippen LogP contribution in [0.2, 0.25) is 5.02 Å². The molecule has 2 rings (SSSR count). The molecule has 1 amide bonds. The first-order valence-electron chi connectivity index (χ1n) is 8.62. The fourth-order valence-electron chi connectivity index (χ4n) is 3.23. The molecule has 4 nitrogen and oxygen atoms in total. The van der Waals surface area contributed by atoms with Crippen LogP contribution in [0.25, 0.3) is 0 Å². The van der Waals surface area contributed by atoms with Gasteiger partial charge in [0.05, 0.1) is 17.8 Å². The minimum Gasteiger partial charge on any atom is -0.495 e. The molecule has 6 heteroatoms. The van der Waals surface area contributed by atoms with Crippen LogP contribution in [0.15, 0.2) is 10.5 Å². The van der Waals surface area contributed by atoms with Gasteiger partial charge < -0.3 is 9.47 Å². The lowest BCUT2D eigenvalue weighted by Gasteiger charge is -2.39. The summed E-state index contributed by atoms with van der Waals surface area (Å²) in [6.07, 6.45) is 2.20. The molecule has 0 fully saturated rings. The molecule has 0 saturated carbocycles. The molecule has 25 heavy (non-hydrogen) atoms. The molecule has 1 aromatic carbocycles. The first-order valence-corrected chi connectivity index (χ1v) is 9.79. The molecule has 1 unspecified atom stereocenters. The van der Waals surface area contributed by atoms with Gasteiger partial charge in [0.25, 0.3) is 0 Å². The highest BCUT2D eigenvalue weighted by Crippen LogP contribution is 2.46. The van der Waals surface area contributed by atoms with E-state index in [1.165, 1.54) is 0 Å². The maximum atomic E-state index is 13.0. The van der Waals surface area contributed by atoms with Crippen LogP contribution < -0.4 is 9.64 Å². The average molecular weight is 433 g/mol.